The molecule has 0 aliphatic heterocycles. The van der Waals surface area contributed by atoms with Gasteiger partial charge in [0.05, 0.1) is 5.56 Å². The molecule has 0 bridgehead atoms. The van der Waals surface area contributed by atoms with Gasteiger partial charge in [-0.05, 0) is 44.2 Å². The van der Waals surface area contributed by atoms with Gasteiger partial charge < -0.3 is 10.1 Å². The first-order valence-electron chi connectivity index (χ1n) is 6.97. The van der Waals surface area contributed by atoms with E-state index in [9.17, 15) is 18.0 Å². The Labute approximate surface area is 132 Å². The smallest absolute Gasteiger partial charge is 0.416 e. The number of amides is 1. The number of anilines is 1. The summed E-state index contributed by atoms with van der Waals surface area (Å²) >= 11 is 0. The maximum atomic E-state index is 12.6. The number of rotatable bonds is 4. The van der Waals surface area contributed by atoms with Crippen LogP contribution in [0, 0.1) is 6.92 Å². The van der Waals surface area contributed by atoms with E-state index in [1.165, 1.54) is 19.1 Å². The summed E-state index contributed by atoms with van der Waals surface area (Å²) < 4.78 is 43.2. The van der Waals surface area contributed by atoms with Crippen LogP contribution in [0.2, 0.25) is 0 Å². The molecule has 0 radical (unpaired) electrons. The van der Waals surface area contributed by atoms with E-state index in [2.05, 4.69) is 5.32 Å². The van der Waals surface area contributed by atoms with E-state index >= 15 is 0 Å². The summed E-state index contributed by atoms with van der Waals surface area (Å²) in [5.41, 5.74) is 0.831. The van der Waals surface area contributed by atoms with Crippen molar-refractivity contribution >= 4 is 11.6 Å². The van der Waals surface area contributed by atoms with Crippen LogP contribution in [0.4, 0.5) is 18.9 Å². The number of nitrogens with one attached hydrogen (secondary N) is 1. The lowest BCUT2D eigenvalue weighted by Gasteiger charge is -2.16. The van der Waals surface area contributed by atoms with Crippen LogP contribution in [0.25, 0.3) is 0 Å². The van der Waals surface area contributed by atoms with Gasteiger partial charge >= 0.3 is 6.18 Å². The molecule has 2 aromatic carbocycles. The number of carbonyl (C=O) groups excluding carboxylic acids is 1. The van der Waals surface area contributed by atoms with E-state index in [0.717, 1.165) is 17.7 Å². The van der Waals surface area contributed by atoms with Crippen LogP contribution >= 0.6 is 0 Å². The van der Waals surface area contributed by atoms with E-state index in [1.54, 1.807) is 12.1 Å². The summed E-state index contributed by atoms with van der Waals surface area (Å²) in [5, 5.41) is 2.65. The monoisotopic (exact) mass is 323 g/mol. The van der Waals surface area contributed by atoms with Crippen LogP contribution in [-0.2, 0) is 11.0 Å². The van der Waals surface area contributed by atoms with Gasteiger partial charge in [0.25, 0.3) is 5.91 Å². The highest BCUT2D eigenvalue weighted by Gasteiger charge is 2.30. The number of halogens is 3. The quantitative estimate of drug-likeness (QED) is 0.904. The highest BCUT2D eigenvalue weighted by molar-refractivity contribution is 5.94. The summed E-state index contributed by atoms with van der Waals surface area (Å²) in [7, 11) is 0. The molecule has 122 valence electrons. The molecule has 0 fully saturated rings. The van der Waals surface area contributed by atoms with Crippen LogP contribution in [0.15, 0.2) is 48.5 Å². The third-order valence-electron chi connectivity index (χ3n) is 3.16. The molecule has 1 atom stereocenters. The van der Waals surface area contributed by atoms with Gasteiger partial charge in [-0.2, -0.15) is 13.2 Å². The Hall–Kier alpha value is -2.50. The van der Waals surface area contributed by atoms with Gasteiger partial charge in [-0.1, -0.05) is 23.8 Å². The summed E-state index contributed by atoms with van der Waals surface area (Å²) in [6.45, 7) is 3.40. The molecule has 2 aromatic rings. The van der Waals surface area contributed by atoms with Crippen LogP contribution in [0.5, 0.6) is 5.75 Å². The molecule has 6 heteroatoms. The lowest BCUT2D eigenvalue weighted by Crippen LogP contribution is -2.30. The van der Waals surface area contributed by atoms with E-state index in [1.807, 2.05) is 19.1 Å². The first-order chi connectivity index (χ1) is 10.8. The molecule has 3 nitrogen and oxygen atoms in total. The van der Waals surface area contributed by atoms with Gasteiger partial charge in [0.1, 0.15) is 5.75 Å². The maximum Gasteiger partial charge on any atom is 0.416 e. The normalized spacial score (nSPS) is 12.6. The van der Waals surface area contributed by atoms with Crippen LogP contribution in [0.3, 0.4) is 0 Å². The summed E-state index contributed by atoms with van der Waals surface area (Å²) in [5.74, 6) is -0.447. The molecule has 0 aliphatic rings. The molecule has 23 heavy (non-hydrogen) atoms. The van der Waals surface area contributed by atoms with Gasteiger partial charge in [-0.15, -0.1) is 0 Å². The van der Waals surface area contributed by atoms with E-state index in [-0.39, 0.29) is 5.75 Å². The highest BCUT2D eigenvalue weighted by atomic mass is 19.4. The topological polar surface area (TPSA) is 38.3 Å². The van der Waals surface area contributed by atoms with Gasteiger partial charge in [-0.3, -0.25) is 4.79 Å². The number of hydrogen-bond acceptors (Lipinski definition) is 2. The lowest BCUT2D eigenvalue weighted by molar-refractivity contribution is -0.137. The Bertz CT molecular complexity index is 681. The van der Waals surface area contributed by atoms with Crippen LogP contribution in [-0.4, -0.2) is 12.0 Å². The zero-order chi connectivity index (χ0) is 17.0. The summed E-state index contributed by atoms with van der Waals surface area (Å²) in [4.78, 5) is 12.0. The summed E-state index contributed by atoms with van der Waals surface area (Å²) in [6.07, 6.45) is -5.38. The SMILES string of the molecule is Cc1ccc(NC(=O)C(C)Oc2cccc(C(F)(F)F)c2)cc1. The number of carbonyl (C=O) groups is 1. The van der Waals surface area contributed by atoms with Crippen molar-refractivity contribution < 1.29 is 22.7 Å². The Morgan fingerprint density at radius 1 is 1.13 bits per heavy atom. The van der Waals surface area contributed by atoms with Crippen molar-refractivity contribution in [2.75, 3.05) is 5.32 Å². The fourth-order valence-corrected chi connectivity index (χ4v) is 1.88. The molecule has 0 aliphatic carbocycles. The van der Waals surface area contributed by atoms with Crippen molar-refractivity contribution in [1.82, 2.24) is 0 Å². The minimum atomic E-state index is -4.45. The zero-order valence-electron chi connectivity index (χ0n) is 12.6. The Morgan fingerprint density at radius 3 is 2.39 bits per heavy atom. The van der Waals surface area contributed by atoms with Crippen molar-refractivity contribution in [2.24, 2.45) is 0 Å². The number of aryl methyl sites for hydroxylation is 1. The predicted octanol–water partition coefficient (Wildman–Crippen LogP) is 4.42. The molecule has 0 heterocycles. The van der Waals surface area contributed by atoms with Gasteiger partial charge in [-0.25, -0.2) is 0 Å². The van der Waals surface area contributed by atoms with E-state index in [0.29, 0.717) is 5.69 Å². The molecule has 1 N–H and O–H groups in total. The molecular formula is C17H16F3NO2. The Morgan fingerprint density at radius 2 is 1.78 bits per heavy atom. The number of benzene rings is 2. The molecule has 0 spiro atoms. The molecular weight excluding hydrogens is 307 g/mol. The lowest BCUT2D eigenvalue weighted by atomic mass is 10.2. The van der Waals surface area contributed by atoms with Gasteiger partial charge in [0, 0.05) is 5.69 Å². The minimum Gasteiger partial charge on any atom is -0.481 e. The van der Waals surface area contributed by atoms with Crippen molar-refractivity contribution in [3.8, 4) is 5.75 Å². The van der Waals surface area contributed by atoms with Crippen molar-refractivity contribution in [3.05, 3.63) is 59.7 Å². The second-order valence-electron chi connectivity index (χ2n) is 5.14. The zero-order valence-corrected chi connectivity index (χ0v) is 12.6. The second kappa shape index (κ2) is 6.73. The van der Waals surface area contributed by atoms with Gasteiger partial charge in [0.2, 0.25) is 0 Å². The van der Waals surface area contributed by atoms with Crippen molar-refractivity contribution in [2.45, 2.75) is 26.1 Å². The third-order valence-corrected chi connectivity index (χ3v) is 3.16. The Kier molecular flexibility index (Phi) is 4.93. The molecule has 1 unspecified atom stereocenters. The molecule has 2 rings (SSSR count). The second-order valence-corrected chi connectivity index (χ2v) is 5.14. The Balaban J connectivity index is 2.02. The van der Waals surface area contributed by atoms with Crippen LogP contribution in [0.1, 0.15) is 18.1 Å². The van der Waals surface area contributed by atoms with Crippen LogP contribution < -0.4 is 10.1 Å². The average molecular weight is 323 g/mol. The van der Waals surface area contributed by atoms with E-state index in [4.69, 9.17) is 4.74 Å². The highest BCUT2D eigenvalue weighted by Crippen LogP contribution is 2.31. The number of ether oxygens (including phenoxy) is 1. The largest absolute Gasteiger partial charge is 0.481 e. The van der Waals surface area contributed by atoms with Gasteiger partial charge in [0.15, 0.2) is 6.10 Å². The first-order valence-corrected chi connectivity index (χ1v) is 6.97. The maximum absolute atomic E-state index is 12.6. The summed E-state index contributed by atoms with van der Waals surface area (Å²) in [6, 6.07) is 11.6. The number of alkyl halides is 3. The fraction of sp³-hybridized carbons (Fsp3) is 0.235. The molecule has 0 aromatic heterocycles. The first kappa shape index (κ1) is 16.9. The fourth-order valence-electron chi connectivity index (χ4n) is 1.88. The standard InChI is InChI=1S/C17H16F3NO2/c1-11-6-8-14(9-7-11)21-16(22)12(2)23-15-5-3-4-13(10-15)17(18,19)20/h3-10,12H,1-2H3,(H,21,22). The average Bonchev–Trinajstić information content (AvgIpc) is 2.49. The molecule has 1 amide bonds. The van der Waals surface area contributed by atoms with Crippen molar-refractivity contribution in [3.63, 3.8) is 0 Å². The molecule has 0 saturated carbocycles. The molecule has 0 saturated heterocycles. The third kappa shape index (κ3) is 4.74. The predicted molar refractivity (Wildman–Crippen MR) is 81.3 cm³/mol. The van der Waals surface area contributed by atoms with Crippen molar-refractivity contribution in [1.29, 1.82) is 0 Å². The minimum absolute atomic E-state index is 0.00798. The number of hydrogen-bond donors (Lipinski definition) is 1. The van der Waals surface area contributed by atoms with E-state index < -0.39 is 23.8 Å².